The fraction of sp³-hybridized carbons (Fsp3) is 0.500. The Balaban J connectivity index is 2.19. The van der Waals surface area contributed by atoms with Crippen molar-refractivity contribution >= 4 is 17.7 Å². The minimum absolute atomic E-state index is 0.0462. The van der Waals surface area contributed by atoms with E-state index in [2.05, 4.69) is 4.98 Å². The fourth-order valence-electron chi connectivity index (χ4n) is 2.50. The van der Waals surface area contributed by atoms with E-state index in [1.54, 1.807) is 0 Å². The number of nitrogens with one attached hydrogen (secondary N) is 1. The molecule has 1 aromatic rings. The lowest BCUT2D eigenvalue weighted by atomic mass is 10.2. The zero-order valence-electron chi connectivity index (χ0n) is 10.7. The van der Waals surface area contributed by atoms with E-state index in [4.69, 9.17) is 5.11 Å². The van der Waals surface area contributed by atoms with Crippen LogP contribution in [0, 0.1) is 10.1 Å². The molecule has 1 heterocycles. The second-order valence-electron chi connectivity index (χ2n) is 4.78. The van der Waals surface area contributed by atoms with Crippen LogP contribution < -0.4 is 0 Å². The predicted octanol–water partition coefficient (Wildman–Crippen LogP) is 1.39. The van der Waals surface area contributed by atoms with E-state index in [1.165, 1.54) is 17.0 Å². The van der Waals surface area contributed by atoms with Crippen molar-refractivity contribution < 1.29 is 19.6 Å². The molecule has 0 atom stereocenters. The summed E-state index contributed by atoms with van der Waals surface area (Å²) < 4.78 is 0. The summed E-state index contributed by atoms with van der Waals surface area (Å²) in [5.41, 5.74) is 0.0462. The lowest BCUT2D eigenvalue weighted by Gasteiger charge is -2.26. The average molecular weight is 281 g/mol. The molecular formula is C12H15N3O5. The molecule has 0 saturated heterocycles. The van der Waals surface area contributed by atoms with Gasteiger partial charge in [0.25, 0.3) is 5.91 Å². The van der Waals surface area contributed by atoms with E-state index in [9.17, 15) is 19.7 Å². The predicted molar refractivity (Wildman–Crippen MR) is 68.4 cm³/mol. The number of aliphatic carboxylic acids is 1. The first-order valence-electron chi connectivity index (χ1n) is 6.35. The SMILES string of the molecule is O=C(O)CN(C(=O)c1ccc([N+](=O)[O-])[nH]1)C1CCCC1. The zero-order valence-corrected chi connectivity index (χ0v) is 10.7. The average Bonchev–Trinajstić information content (AvgIpc) is 3.05. The van der Waals surface area contributed by atoms with Crippen molar-refractivity contribution in [3.63, 3.8) is 0 Å². The molecule has 20 heavy (non-hydrogen) atoms. The highest BCUT2D eigenvalue weighted by atomic mass is 16.6. The van der Waals surface area contributed by atoms with Crippen LogP contribution in [0.25, 0.3) is 0 Å². The van der Waals surface area contributed by atoms with Gasteiger partial charge in [0, 0.05) is 12.1 Å². The molecule has 108 valence electrons. The third-order valence-corrected chi connectivity index (χ3v) is 3.43. The van der Waals surface area contributed by atoms with Crippen LogP contribution in [0.3, 0.4) is 0 Å². The van der Waals surface area contributed by atoms with Gasteiger partial charge in [0.2, 0.25) is 0 Å². The number of H-pyrrole nitrogens is 1. The molecule has 1 aromatic heterocycles. The molecule has 0 spiro atoms. The van der Waals surface area contributed by atoms with Crippen molar-refractivity contribution in [2.45, 2.75) is 31.7 Å². The van der Waals surface area contributed by atoms with Crippen molar-refractivity contribution in [1.82, 2.24) is 9.88 Å². The number of aromatic nitrogens is 1. The molecule has 2 rings (SSSR count). The van der Waals surface area contributed by atoms with Gasteiger partial charge in [-0.25, -0.2) is 4.98 Å². The van der Waals surface area contributed by atoms with Crippen LogP contribution in [0.1, 0.15) is 36.2 Å². The molecule has 2 N–H and O–H groups in total. The molecule has 0 aliphatic heterocycles. The topological polar surface area (TPSA) is 117 Å². The molecule has 0 unspecified atom stereocenters. The summed E-state index contributed by atoms with van der Waals surface area (Å²) in [4.78, 5) is 36.9. The Morgan fingerprint density at radius 3 is 2.55 bits per heavy atom. The summed E-state index contributed by atoms with van der Waals surface area (Å²) >= 11 is 0. The van der Waals surface area contributed by atoms with Crippen LogP contribution in [-0.2, 0) is 4.79 Å². The van der Waals surface area contributed by atoms with Gasteiger partial charge in [0.05, 0.1) is 0 Å². The standard InChI is InChI=1S/C12H15N3O5/c16-11(17)7-14(8-3-1-2-4-8)12(18)9-5-6-10(13-9)15(19)20/h5-6,8,13H,1-4,7H2,(H,16,17). The highest BCUT2D eigenvalue weighted by Gasteiger charge is 2.31. The Morgan fingerprint density at radius 1 is 1.40 bits per heavy atom. The molecule has 1 aliphatic rings. The summed E-state index contributed by atoms with van der Waals surface area (Å²) in [6.45, 7) is -0.393. The van der Waals surface area contributed by atoms with E-state index in [0.29, 0.717) is 0 Å². The van der Waals surface area contributed by atoms with Crippen LogP contribution in [0.2, 0.25) is 0 Å². The zero-order chi connectivity index (χ0) is 14.7. The van der Waals surface area contributed by atoms with Gasteiger partial charge in [0.15, 0.2) is 5.69 Å². The molecule has 1 fully saturated rings. The summed E-state index contributed by atoms with van der Waals surface area (Å²) in [5, 5.41) is 19.5. The number of nitrogens with zero attached hydrogens (tertiary/aromatic N) is 2. The molecule has 0 aromatic carbocycles. The lowest BCUT2D eigenvalue weighted by molar-refractivity contribution is -0.389. The van der Waals surface area contributed by atoms with Crippen molar-refractivity contribution in [3.8, 4) is 0 Å². The molecule has 8 nitrogen and oxygen atoms in total. The maximum Gasteiger partial charge on any atom is 0.323 e. The highest BCUT2D eigenvalue weighted by Crippen LogP contribution is 2.25. The molecular weight excluding hydrogens is 266 g/mol. The summed E-state index contributed by atoms with van der Waals surface area (Å²) in [7, 11) is 0. The normalized spacial score (nSPS) is 15.2. The van der Waals surface area contributed by atoms with E-state index in [0.717, 1.165) is 25.7 Å². The third kappa shape index (κ3) is 2.95. The number of aromatic amines is 1. The minimum Gasteiger partial charge on any atom is -0.480 e. The maximum atomic E-state index is 12.3. The maximum absolute atomic E-state index is 12.3. The number of hydrogen-bond acceptors (Lipinski definition) is 4. The van der Waals surface area contributed by atoms with Crippen LogP contribution in [0.5, 0.6) is 0 Å². The van der Waals surface area contributed by atoms with Gasteiger partial charge in [-0.1, -0.05) is 12.8 Å². The molecule has 8 heteroatoms. The first-order valence-corrected chi connectivity index (χ1v) is 6.35. The van der Waals surface area contributed by atoms with Crippen LogP contribution >= 0.6 is 0 Å². The highest BCUT2D eigenvalue weighted by molar-refractivity contribution is 5.94. The summed E-state index contributed by atoms with van der Waals surface area (Å²) in [6.07, 6.45) is 3.45. The molecule has 0 radical (unpaired) electrons. The Morgan fingerprint density at radius 2 is 2.05 bits per heavy atom. The number of nitro groups is 1. The first-order chi connectivity index (χ1) is 9.49. The summed E-state index contributed by atoms with van der Waals surface area (Å²) in [6, 6.07) is 2.39. The number of carbonyl (C=O) groups excluding carboxylic acids is 1. The minimum atomic E-state index is -1.09. The van der Waals surface area contributed by atoms with Crippen molar-refractivity contribution in [1.29, 1.82) is 0 Å². The number of carboxylic acids is 1. The second-order valence-corrected chi connectivity index (χ2v) is 4.78. The third-order valence-electron chi connectivity index (χ3n) is 3.43. The second kappa shape index (κ2) is 5.72. The van der Waals surface area contributed by atoms with E-state index >= 15 is 0 Å². The lowest BCUT2D eigenvalue weighted by Crippen LogP contribution is -2.42. The van der Waals surface area contributed by atoms with Crippen LogP contribution in [0.4, 0.5) is 5.82 Å². The van der Waals surface area contributed by atoms with Gasteiger partial charge in [-0.15, -0.1) is 0 Å². The van der Waals surface area contributed by atoms with Crippen LogP contribution in [0.15, 0.2) is 12.1 Å². The molecule has 0 bridgehead atoms. The number of rotatable bonds is 5. The van der Waals surface area contributed by atoms with Crippen LogP contribution in [-0.4, -0.2) is 44.4 Å². The Hall–Kier alpha value is -2.38. The largest absolute Gasteiger partial charge is 0.480 e. The van der Waals surface area contributed by atoms with E-state index in [-0.39, 0.29) is 17.6 Å². The smallest absolute Gasteiger partial charge is 0.323 e. The number of carbonyl (C=O) groups is 2. The molecule has 1 saturated carbocycles. The van der Waals surface area contributed by atoms with Gasteiger partial charge in [-0.05, 0) is 23.8 Å². The number of amides is 1. The van der Waals surface area contributed by atoms with Gasteiger partial charge in [0.1, 0.15) is 6.54 Å². The Kier molecular flexibility index (Phi) is 4.02. The van der Waals surface area contributed by atoms with Gasteiger partial charge in [-0.2, -0.15) is 0 Å². The van der Waals surface area contributed by atoms with E-state index in [1.807, 2.05) is 0 Å². The Bertz CT molecular complexity index is 533. The molecule has 1 amide bonds. The fourth-order valence-corrected chi connectivity index (χ4v) is 2.50. The van der Waals surface area contributed by atoms with Gasteiger partial charge in [-0.3, -0.25) is 9.59 Å². The Labute approximate surface area is 114 Å². The first kappa shape index (κ1) is 14.0. The number of carboxylic acid groups (broad SMARTS) is 1. The van der Waals surface area contributed by atoms with Crippen molar-refractivity contribution in [3.05, 3.63) is 27.9 Å². The van der Waals surface area contributed by atoms with Crippen molar-refractivity contribution in [2.75, 3.05) is 6.54 Å². The molecule has 1 aliphatic carbocycles. The summed E-state index contributed by atoms with van der Waals surface area (Å²) in [5.74, 6) is -1.88. The number of hydrogen-bond donors (Lipinski definition) is 2. The quantitative estimate of drug-likeness (QED) is 0.624. The van der Waals surface area contributed by atoms with E-state index < -0.39 is 23.3 Å². The van der Waals surface area contributed by atoms with Gasteiger partial charge < -0.3 is 20.1 Å². The monoisotopic (exact) mass is 281 g/mol. The van der Waals surface area contributed by atoms with Crippen molar-refractivity contribution in [2.24, 2.45) is 0 Å². The van der Waals surface area contributed by atoms with Gasteiger partial charge >= 0.3 is 11.8 Å².